The van der Waals surface area contributed by atoms with E-state index in [1.165, 1.54) is 24.5 Å². The van der Waals surface area contributed by atoms with Gasteiger partial charge in [0.2, 0.25) is 0 Å². The number of carbonyl (C=O) groups excluding carboxylic acids is 2. The molecule has 0 saturated carbocycles. The standard InChI is InChI=1S/C17H15FN2O3S/c1-23-16(21)9-19-17(22)14-8-15-13(6-7-24-15)20(14)10-11-4-2-3-5-12(11)18/h2-8H,9-10H2,1H3,(H,19,22). The molecular formula is C17H15FN2O3S. The van der Waals surface area contributed by atoms with Gasteiger partial charge in [0.05, 0.1) is 23.9 Å². The molecule has 0 spiro atoms. The number of ether oxygens (including phenoxy) is 1. The van der Waals surface area contributed by atoms with Crippen LogP contribution in [0.25, 0.3) is 10.2 Å². The smallest absolute Gasteiger partial charge is 0.325 e. The fourth-order valence-electron chi connectivity index (χ4n) is 2.45. The molecule has 0 fully saturated rings. The van der Waals surface area contributed by atoms with E-state index in [4.69, 9.17) is 0 Å². The molecule has 0 aliphatic carbocycles. The fourth-order valence-corrected chi connectivity index (χ4v) is 3.27. The van der Waals surface area contributed by atoms with Gasteiger partial charge in [-0.05, 0) is 23.6 Å². The Morgan fingerprint density at radius 1 is 1.29 bits per heavy atom. The number of thiophene rings is 1. The lowest BCUT2D eigenvalue weighted by Crippen LogP contribution is -2.31. The van der Waals surface area contributed by atoms with Gasteiger partial charge in [0, 0.05) is 5.56 Å². The van der Waals surface area contributed by atoms with Gasteiger partial charge in [-0.3, -0.25) is 9.59 Å². The Kier molecular flexibility index (Phi) is 4.61. The molecule has 2 aromatic heterocycles. The third-order valence-corrected chi connectivity index (χ3v) is 4.52. The highest BCUT2D eigenvalue weighted by Gasteiger charge is 2.18. The van der Waals surface area contributed by atoms with E-state index in [-0.39, 0.29) is 18.9 Å². The minimum absolute atomic E-state index is 0.214. The van der Waals surface area contributed by atoms with Crippen LogP contribution < -0.4 is 5.32 Å². The summed E-state index contributed by atoms with van der Waals surface area (Å²) in [5, 5.41) is 4.43. The van der Waals surface area contributed by atoms with E-state index in [0.29, 0.717) is 11.3 Å². The summed E-state index contributed by atoms with van der Waals surface area (Å²) in [6.07, 6.45) is 0. The second-order valence-corrected chi connectivity index (χ2v) is 6.08. The Bertz CT molecular complexity index is 900. The van der Waals surface area contributed by atoms with Gasteiger partial charge in [0.15, 0.2) is 0 Å². The molecule has 5 nitrogen and oxygen atoms in total. The summed E-state index contributed by atoms with van der Waals surface area (Å²) in [5.41, 5.74) is 1.72. The Balaban J connectivity index is 1.93. The number of benzene rings is 1. The molecule has 3 aromatic rings. The molecule has 0 aliphatic rings. The van der Waals surface area contributed by atoms with Crippen molar-refractivity contribution < 1.29 is 18.7 Å². The van der Waals surface area contributed by atoms with Crippen molar-refractivity contribution in [1.29, 1.82) is 0 Å². The molecule has 124 valence electrons. The molecule has 0 radical (unpaired) electrons. The Hall–Kier alpha value is -2.67. The molecule has 0 atom stereocenters. The lowest BCUT2D eigenvalue weighted by Gasteiger charge is -2.11. The largest absolute Gasteiger partial charge is 0.468 e. The molecule has 3 rings (SSSR count). The number of nitrogens with zero attached hydrogens (tertiary/aromatic N) is 1. The summed E-state index contributed by atoms with van der Waals surface area (Å²) < 4.78 is 21.2. The number of rotatable bonds is 5. The number of aromatic nitrogens is 1. The number of amides is 1. The maximum absolute atomic E-state index is 14.0. The van der Waals surface area contributed by atoms with Crippen molar-refractivity contribution in [2.24, 2.45) is 0 Å². The van der Waals surface area contributed by atoms with Crippen molar-refractivity contribution in [3.05, 3.63) is 58.9 Å². The van der Waals surface area contributed by atoms with Crippen LogP contribution in [0.3, 0.4) is 0 Å². The van der Waals surface area contributed by atoms with E-state index in [0.717, 1.165) is 10.2 Å². The summed E-state index contributed by atoms with van der Waals surface area (Å²) in [6.45, 7) is 0.0156. The van der Waals surface area contributed by atoms with E-state index in [1.807, 2.05) is 11.4 Å². The fraction of sp³-hybridized carbons (Fsp3) is 0.176. The van der Waals surface area contributed by atoms with Gasteiger partial charge < -0.3 is 14.6 Å². The van der Waals surface area contributed by atoms with Crippen LogP contribution in [0.15, 0.2) is 41.8 Å². The first-order valence-electron chi connectivity index (χ1n) is 7.25. The molecule has 1 N–H and O–H groups in total. The topological polar surface area (TPSA) is 60.3 Å². The van der Waals surface area contributed by atoms with Gasteiger partial charge in [-0.1, -0.05) is 18.2 Å². The monoisotopic (exact) mass is 346 g/mol. The van der Waals surface area contributed by atoms with Gasteiger partial charge >= 0.3 is 5.97 Å². The highest BCUT2D eigenvalue weighted by molar-refractivity contribution is 7.17. The molecule has 2 heterocycles. The number of methoxy groups -OCH3 is 1. The van der Waals surface area contributed by atoms with Crippen molar-refractivity contribution in [2.45, 2.75) is 6.54 Å². The van der Waals surface area contributed by atoms with Gasteiger partial charge in [-0.15, -0.1) is 11.3 Å². The number of halogens is 1. The zero-order valence-electron chi connectivity index (χ0n) is 12.9. The first-order chi connectivity index (χ1) is 11.6. The lowest BCUT2D eigenvalue weighted by molar-refractivity contribution is -0.139. The molecule has 0 unspecified atom stereocenters. The minimum Gasteiger partial charge on any atom is -0.468 e. The highest BCUT2D eigenvalue weighted by Crippen LogP contribution is 2.26. The van der Waals surface area contributed by atoms with Gasteiger partial charge in [0.1, 0.15) is 18.1 Å². The lowest BCUT2D eigenvalue weighted by atomic mass is 10.2. The number of carbonyl (C=O) groups is 2. The molecule has 7 heteroatoms. The summed E-state index contributed by atoms with van der Waals surface area (Å²) in [4.78, 5) is 23.6. The van der Waals surface area contributed by atoms with Crippen molar-refractivity contribution in [2.75, 3.05) is 13.7 Å². The normalized spacial score (nSPS) is 10.8. The Labute approximate surface area is 141 Å². The van der Waals surface area contributed by atoms with Gasteiger partial charge in [-0.2, -0.15) is 0 Å². The van der Waals surface area contributed by atoms with Crippen molar-refractivity contribution in [1.82, 2.24) is 9.88 Å². The van der Waals surface area contributed by atoms with Gasteiger partial charge in [-0.25, -0.2) is 4.39 Å². The maximum atomic E-state index is 14.0. The van der Waals surface area contributed by atoms with E-state index in [2.05, 4.69) is 10.1 Å². The average Bonchev–Trinajstić information content (AvgIpc) is 3.16. The highest BCUT2D eigenvalue weighted by atomic mass is 32.1. The Morgan fingerprint density at radius 3 is 2.83 bits per heavy atom. The van der Waals surface area contributed by atoms with Crippen LogP contribution in [0.2, 0.25) is 0 Å². The predicted octanol–water partition coefficient (Wildman–Crippen LogP) is 2.79. The number of hydrogen-bond donors (Lipinski definition) is 1. The molecule has 0 bridgehead atoms. The third-order valence-electron chi connectivity index (χ3n) is 3.66. The number of hydrogen-bond acceptors (Lipinski definition) is 4. The van der Waals surface area contributed by atoms with E-state index < -0.39 is 11.9 Å². The quantitative estimate of drug-likeness (QED) is 0.723. The van der Waals surface area contributed by atoms with Crippen LogP contribution in [0.1, 0.15) is 16.1 Å². The van der Waals surface area contributed by atoms with Crippen molar-refractivity contribution >= 4 is 33.4 Å². The average molecular weight is 346 g/mol. The molecule has 0 aliphatic heterocycles. The molecule has 0 saturated heterocycles. The zero-order valence-corrected chi connectivity index (χ0v) is 13.7. The van der Waals surface area contributed by atoms with Crippen LogP contribution in [0, 0.1) is 5.82 Å². The number of fused-ring (bicyclic) bond motifs is 1. The van der Waals surface area contributed by atoms with Crippen molar-refractivity contribution in [3.8, 4) is 0 Å². The molecular weight excluding hydrogens is 331 g/mol. The maximum Gasteiger partial charge on any atom is 0.325 e. The third kappa shape index (κ3) is 3.16. The summed E-state index contributed by atoms with van der Waals surface area (Å²) in [5.74, 6) is -1.26. The summed E-state index contributed by atoms with van der Waals surface area (Å²) in [7, 11) is 1.26. The van der Waals surface area contributed by atoms with E-state index in [1.54, 1.807) is 28.8 Å². The number of esters is 1. The van der Waals surface area contributed by atoms with E-state index in [9.17, 15) is 14.0 Å². The SMILES string of the molecule is COC(=O)CNC(=O)c1cc2sccc2n1Cc1ccccc1F. The molecule has 1 aromatic carbocycles. The summed E-state index contributed by atoms with van der Waals surface area (Å²) >= 11 is 1.50. The van der Waals surface area contributed by atoms with Crippen LogP contribution in [-0.2, 0) is 16.1 Å². The van der Waals surface area contributed by atoms with Gasteiger partial charge in [0.25, 0.3) is 5.91 Å². The first-order valence-corrected chi connectivity index (χ1v) is 8.13. The second-order valence-electron chi connectivity index (χ2n) is 5.14. The zero-order chi connectivity index (χ0) is 17.1. The second kappa shape index (κ2) is 6.84. The van der Waals surface area contributed by atoms with Crippen LogP contribution in [0.4, 0.5) is 4.39 Å². The Morgan fingerprint density at radius 2 is 2.08 bits per heavy atom. The predicted molar refractivity (Wildman–Crippen MR) is 89.7 cm³/mol. The van der Waals surface area contributed by atoms with E-state index >= 15 is 0 Å². The molecule has 24 heavy (non-hydrogen) atoms. The first kappa shape index (κ1) is 16.2. The minimum atomic E-state index is -0.530. The molecule has 1 amide bonds. The van der Waals surface area contributed by atoms with Crippen molar-refractivity contribution in [3.63, 3.8) is 0 Å². The van der Waals surface area contributed by atoms with Crippen LogP contribution in [0.5, 0.6) is 0 Å². The summed E-state index contributed by atoms with van der Waals surface area (Å²) in [6, 6.07) is 10.1. The number of nitrogens with one attached hydrogen (secondary N) is 1. The van der Waals surface area contributed by atoms with Crippen LogP contribution in [-0.4, -0.2) is 30.1 Å². The van der Waals surface area contributed by atoms with Crippen LogP contribution >= 0.6 is 11.3 Å².